The lowest BCUT2D eigenvalue weighted by molar-refractivity contribution is 0.325. The fraction of sp³-hybridized carbons (Fsp3) is 0.300. The number of nitrogens with zero attached hydrogens (tertiary/aromatic N) is 1. The Labute approximate surface area is 77.7 Å². The van der Waals surface area contributed by atoms with Gasteiger partial charge in [0, 0.05) is 6.54 Å². The highest BCUT2D eigenvalue weighted by atomic mass is 16.5. The molecule has 0 bridgehead atoms. The lowest BCUT2D eigenvalue weighted by Crippen LogP contribution is -2.11. The Morgan fingerprint density at radius 3 is 2.92 bits per heavy atom. The van der Waals surface area contributed by atoms with Crippen molar-refractivity contribution in [3.05, 3.63) is 29.3 Å². The Morgan fingerprint density at radius 2 is 2.31 bits per heavy atom. The fourth-order valence-corrected chi connectivity index (χ4v) is 1.09. The second-order valence-electron chi connectivity index (χ2n) is 2.70. The first-order valence-corrected chi connectivity index (χ1v) is 4.12. The average molecular weight is 176 g/mol. The Balaban J connectivity index is 2.95. The van der Waals surface area contributed by atoms with E-state index in [9.17, 15) is 0 Å². The molecule has 0 radical (unpaired) electrons. The van der Waals surface area contributed by atoms with E-state index >= 15 is 0 Å². The lowest BCUT2D eigenvalue weighted by Gasteiger charge is -2.08. The maximum Gasteiger partial charge on any atom is 0.140 e. The molecule has 0 aromatic heterocycles. The molecule has 0 saturated carbocycles. The second kappa shape index (κ2) is 4.48. The third-order valence-corrected chi connectivity index (χ3v) is 1.70. The molecule has 13 heavy (non-hydrogen) atoms. The van der Waals surface area contributed by atoms with Gasteiger partial charge in [-0.2, -0.15) is 5.26 Å². The van der Waals surface area contributed by atoms with Gasteiger partial charge in [0.05, 0.1) is 5.56 Å². The van der Waals surface area contributed by atoms with Crippen LogP contribution in [0, 0.1) is 18.3 Å². The van der Waals surface area contributed by atoms with Crippen LogP contribution in [0.25, 0.3) is 0 Å². The molecule has 68 valence electrons. The normalized spacial score (nSPS) is 9.31. The number of aryl methyl sites for hydroxylation is 1. The van der Waals surface area contributed by atoms with E-state index in [1.54, 1.807) is 6.07 Å². The van der Waals surface area contributed by atoms with Crippen LogP contribution >= 0.6 is 0 Å². The molecule has 0 aliphatic carbocycles. The van der Waals surface area contributed by atoms with E-state index in [1.807, 2.05) is 19.1 Å². The van der Waals surface area contributed by atoms with Crippen molar-refractivity contribution in [2.24, 2.45) is 5.73 Å². The van der Waals surface area contributed by atoms with E-state index in [-0.39, 0.29) is 0 Å². The van der Waals surface area contributed by atoms with Crippen molar-refractivity contribution in [2.45, 2.75) is 6.92 Å². The number of hydrogen-bond donors (Lipinski definition) is 1. The van der Waals surface area contributed by atoms with Gasteiger partial charge in [-0.15, -0.1) is 0 Å². The van der Waals surface area contributed by atoms with Crippen molar-refractivity contribution >= 4 is 0 Å². The van der Waals surface area contributed by atoms with Gasteiger partial charge in [-0.05, 0) is 18.6 Å². The van der Waals surface area contributed by atoms with Crippen LogP contribution < -0.4 is 10.5 Å². The summed E-state index contributed by atoms with van der Waals surface area (Å²) in [5, 5.41) is 8.78. The zero-order valence-corrected chi connectivity index (χ0v) is 7.58. The molecule has 1 rings (SSSR count). The number of nitrogens with two attached hydrogens (primary N) is 1. The molecular weight excluding hydrogens is 164 g/mol. The van der Waals surface area contributed by atoms with Gasteiger partial charge in [-0.1, -0.05) is 12.1 Å². The number of hydrogen-bond acceptors (Lipinski definition) is 3. The summed E-state index contributed by atoms with van der Waals surface area (Å²) in [6.45, 7) is 2.81. The van der Waals surface area contributed by atoms with Crippen LogP contribution in [0.15, 0.2) is 18.2 Å². The van der Waals surface area contributed by atoms with Crippen LogP contribution in [0.3, 0.4) is 0 Å². The molecule has 0 aliphatic heterocycles. The smallest absolute Gasteiger partial charge is 0.140 e. The van der Waals surface area contributed by atoms with Gasteiger partial charge in [-0.3, -0.25) is 0 Å². The first-order chi connectivity index (χ1) is 6.29. The Hall–Kier alpha value is -1.53. The number of nitriles is 1. The minimum atomic E-state index is 0.444. The highest BCUT2D eigenvalue weighted by Crippen LogP contribution is 2.21. The van der Waals surface area contributed by atoms with E-state index in [0.717, 1.165) is 5.56 Å². The highest BCUT2D eigenvalue weighted by molar-refractivity contribution is 5.47. The van der Waals surface area contributed by atoms with E-state index in [4.69, 9.17) is 15.7 Å². The summed E-state index contributed by atoms with van der Waals surface area (Å²) in [4.78, 5) is 0. The van der Waals surface area contributed by atoms with Gasteiger partial charge >= 0.3 is 0 Å². The standard InChI is InChI=1S/C10H12N2O/c1-8-3-2-4-9(7-12)10(8)13-6-5-11/h2-4H,5-6,11H2,1H3. The summed E-state index contributed by atoms with van der Waals surface area (Å²) in [6.07, 6.45) is 0. The number of rotatable bonds is 3. The van der Waals surface area contributed by atoms with Crippen LogP contribution in [-0.2, 0) is 0 Å². The highest BCUT2D eigenvalue weighted by Gasteiger charge is 2.04. The number of para-hydroxylation sites is 1. The molecule has 3 nitrogen and oxygen atoms in total. The fourth-order valence-electron chi connectivity index (χ4n) is 1.09. The summed E-state index contributed by atoms with van der Waals surface area (Å²) < 4.78 is 5.36. The minimum absolute atomic E-state index is 0.444. The van der Waals surface area contributed by atoms with Gasteiger partial charge in [0.1, 0.15) is 18.4 Å². The Morgan fingerprint density at radius 1 is 1.54 bits per heavy atom. The Bertz CT molecular complexity index is 328. The van der Waals surface area contributed by atoms with E-state index < -0.39 is 0 Å². The molecule has 2 N–H and O–H groups in total. The minimum Gasteiger partial charge on any atom is -0.491 e. The van der Waals surface area contributed by atoms with Crippen LogP contribution in [0.1, 0.15) is 11.1 Å². The van der Waals surface area contributed by atoms with Crippen LogP contribution in [0.5, 0.6) is 5.75 Å². The van der Waals surface area contributed by atoms with Crippen LogP contribution in [0.2, 0.25) is 0 Å². The summed E-state index contributed by atoms with van der Waals surface area (Å²) in [7, 11) is 0. The largest absolute Gasteiger partial charge is 0.491 e. The monoisotopic (exact) mass is 176 g/mol. The predicted octanol–water partition coefficient (Wildman–Crippen LogP) is 1.20. The van der Waals surface area contributed by atoms with Crippen LogP contribution in [0.4, 0.5) is 0 Å². The molecule has 0 heterocycles. The maximum atomic E-state index is 8.78. The molecule has 0 saturated heterocycles. The predicted molar refractivity (Wildman–Crippen MR) is 50.4 cm³/mol. The molecule has 0 amide bonds. The zero-order chi connectivity index (χ0) is 9.68. The van der Waals surface area contributed by atoms with E-state index in [0.29, 0.717) is 24.5 Å². The molecule has 0 unspecified atom stereocenters. The van der Waals surface area contributed by atoms with Gasteiger partial charge in [0.2, 0.25) is 0 Å². The maximum absolute atomic E-state index is 8.78. The zero-order valence-electron chi connectivity index (χ0n) is 7.58. The summed E-state index contributed by atoms with van der Waals surface area (Å²) >= 11 is 0. The van der Waals surface area contributed by atoms with Crippen molar-refractivity contribution in [3.8, 4) is 11.8 Å². The lowest BCUT2D eigenvalue weighted by atomic mass is 10.1. The molecule has 0 aliphatic rings. The second-order valence-corrected chi connectivity index (χ2v) is 2.70. The average Bonchev–Trinajstić information content (AvgIpc) is 2.15. The van der Waals surface area contributed by atoms with Crippen molar-refractivity contribution in [3.63, 3.8) is 0 Å². The van der Waals surface area contributed by atoms with E-state index in [2.05, 4.69) is 6.07 Å². The molecule has 3 heteroatoms. The van der Waals surface area contributed by atoms with E-state index in [1.165, 1.54) is 0 Å². The van der Waals surface area contributed by atoms with Gasteiger partial charge in [0.25, 0.3) is 0 Å². The molecular formula is C10H12N2O. The topological polar surface area (TPSA) is 59.0 Å². The first-order valence-electron chi connectivity index (χ1n) is 4.12. The number of ether oxygens (including phenoxy) is 1. The van der Waals surface area contributed by atoms with Gasteiger partial charge in [-0.25, -0.2) is 0 Å². The van der Waals surface area contributed by atoms with Gasteiger partial charge < -0.3 is 10.5 Å². The summed E-state index contributed by atoms with van der Waals surface area (Å²) in [5.74, 6) is 0.649. The third kappa shape index (κ3) is 2.20. The third-order valence-electron chi connectivity index (χ3n) is 1.70. The van der Waals surface area contributed by atoms with Crippen molar-refractivity contribution < 1.29 is 4.74 Å². The van der Waals surface area contributed by atoms with Crippen molar-refractivity contribution in [1.82, 2.24) is 0 Å². The Kier molecular flexibility index (Phi) is 3.30. The van der Waals surface area contributed by atoms with Gasteiger partial charge in [0.15, 0.2) is 0 Å². The van der Waals surface area contributed by atoms with Crippen molar-refractivity contribution in [2.75, 3.05) is 13.2 Å². The van der Waals surface area contributed by atoms with Crippen molar-refractivity contribution in [1.29, 1.82) is 5.26 Å². The molecule has 0 atom stereocenters. The molecule has 0 spiro atoms. The summed E-state index contributed by atoms with van der Waals surface area (Å²) in [5.41, 5.74) is 6.84. The SMILES string of the molecule is Cc1cccc(C#N)c1OCCN. The van der Waals surface area contributed by atoms with Crippen LogP contribution in [-0.4, -0.2) is 13.2 Å². The molecule has 1 aromatic rings. The number of benzene rings is 1. The first kappa shape index (κ1) is 9.56. The quantitative estimate of drug-likeness (QED) is 0.752. The summed E-state index contributed by atoms with van der Waals surface area (Å²) in [6, 6.07) is 7.56. The molecule has 0 fully saturated rings. The molecule has 1 aromatic carbocycles.